The average Bonchev–Trinajstić information content (AvgIpc) is 2.54. The molecule has 3 nitrogen and oxygen atoms in total. The van der Waals surface area contributed by atoms with Crippen molar-refractivity contribution in [1.29, 1.82) is 0 Å². The first-order valence-electron chi connectivity index (χ1n) is 6.63. The third-order valence-corrected chi connectivity index (χ3v) is 4.48. The molecule has 0 aliphatic rings. The molecule has 2 aromatic rings. The van der Waals surface area contributed by atoms with Crippen molar-refractivity contribution in [3.05, 3.63) is 63.9 Å². The lowest BCUT2D eigenvalue weighted by molar-refractivity contribution is -0.118. The summed E-state index contributed by atoms with van der Waals surface area (Å²) in [7, 11) is 0. The van der Waals surface area contributed by atoms with Crippen molar-refractivity contribution < 1.29 is 9.18 Å². The predicted molar refractivity (Wildman–Crippen MR) is 93.9 cm³/mol. The first-order valence-corrected chi connectivity index (χ1v) is 8.37. The van der Waals surface area contributed by atoms with Crippen molar-refractivity contribution in [2.45, 2.75) is 11.8 Å². The monoisotopic (exact) mass is 370 g/mol. The van der Waals surface area contributed by atoms with E-state index >= 15 is 0 Å². The molecule has 0 unspecified atom stereocenters. The van der Waals surface area contributed by atoms with Crippen LogP contribution < -0.4 is 5.43 Å². The number of amides is 1. The minimum absolute atomic E-state index is 0.0565. The normalized spacial score (nSPS) is 11.4. The minimum atomic E-state index is -0.351. The molecule has 23 heavy (non-hydrogen) atoms. The Labute approximate surface area is 147 Å². The zero-order valence-electron chi connectivity index (χ0n) is 12.1. The topological polar surface area (TPSA) is 41.5 Å². The lowest BCUT2D eigenvalue weighted by Gasteiger charge is -2.06. The number of benzene rings is 2. The van der Waals surface area contributed by atoms with Crippen LogP contribution in [-0.4, -0.2) is 17.4 Å². The van der Waals surface area contributed by atoms with Gasteiger partial charge in [-0.25, -0.2) is 9.82 Å². The molecule has 7 heteroatoms. The number of nitrogens with one attached hydrogen (secondary N) is 1. The summed E-state index contributed by atoms with van der Waals surface area (Å²) in [6, 6.07) is 11.3. The number of hydrogen-bond acceptors (Lipinski definition) is 3. The fourth-order valence-electron chi connectivity index (χ4n) is 1.72. The SMILES string of the molecule is C/C(=N/NC(=O)CSc1ccccc1F)c1cc(Cl)ccc1Cl. The van der Waals surface area contributed by atoms with Crippen LogP contribution in [0, 0.1) is 5.82 Å². The third-order valence-electron chi connectivity index (χ3n) is 2.86. The smallest absolute Gasteiger partial charge is 0.250 e. The fourth-order valence-corrected chi connectivity index (χ4v) is 2.88. The van der Waals surface area contributed by atoms with Crippen LogP contribution in [0.2, 0.25) is 10.0 Å². The predicted octanol–water partition coefficient (Wildman–Crippen LogP) is 4.77. The average molecular weight is 371 g/mol. The van der Waals surface area contributed by atoms with E-state index in [1.54, 1.807) is 43.3 Å². The molecule has 2 rings (SSSR count). The number of hydrazone groups is 1. The number of rotatable bonds is 5. The van der Waals surface area contributed by atoms with Gasteiger partial charge in [-0.3, -0.25) is 4.79 Å². The van der Waals surface area contributed by atoms with E-state index in [1.807, 2.05) is 0 Å². The maximum atomic E-state index is 13.5. The van der Waals surface area contributed by atoms with Crippen LogP contribution in [0.1, 0.15) is 12.5 Å². The minimum Gasteiger partial charge on any atom is -0.272 e. The van der Waals surface area contributed by atoms with Gasteiger partial charge in [-0.15, -0.1) is 11.8 Å². The van der Waals surface area contributed by atoms with E-state index in [4.69, 9.17) is 23.2 Å². The highest BCUT2D eigenvalue weighted by Crippen LogP contribution is 2.22. The highest BCUT2D eigenvalue weighted by Gasteiger charge is 2.08. The number of thioether (sulfide) groups is 1. The molecule has 0 radical (unpaired) electrons. The molecule has 0 atom stereocenters. The van der Waals surface area contributed by atoms with Crippen molar-refractivity contribution in [3.8, 4) is 0 Å². The lowest BCUT2D eigenvalue weighted by Crippen LogP contribution is -2.21. The van der Waals surface area contributed by atoms with Gasteiger partial charge in [0.05, 0.1) is 11.5 Å². The van der Waals surface area contributed by atoms with E-state index in [2.05, 4.69) is 10.5 Å². The molecular formula is C16H13Cl2FN2OS. The summed E-state index contributed by atoms with van der Waals surface area (Å²) in [4.78, 5) is 12.2. The molecule has 2 aromatic carbocycles. The summed E-state index contributed by atoms with van der Waals surface area (Å²) in [5.74, 6) is -0.632. The summed E-state index contributed by atoms with van der Waals surface area (Å²) >= 11 is 13.1. The Morgan fingerprint density at radius 1 is 1.26 bits per heavy atom. The number of hydrogen-bond donors (Lipinski definition) is 1. The zero-order valence-corrected chi connectivity index (χ0v) is 14.5. The zero-order chi connectivity index (χ0) is 16.8. The Kier molecular flexibility index (Phi) is 6.45. The highest BCUT2D eigenvalue weighted by molar-refractivity contribution is 8.00. The Balaban J connectivity index is 1.95. The maximum Gasteiger partial charge on any atom is 0.250 e. The van der Waals surface area contributed by atoms with E-state index < -0.39 is 0 Å². The lowest BCUT2D eigenvalue weighted by atomic mass is 10.1. The van der Waals surface area contributed by atoms with Crippen molar-refractivity contribution >= 4 is 46.6 Å². The summed E-state index contributed by atoms with van der Waals surface area (Å²) in [6.45, 7) is 1.71. The number of carbonyl (C=O) groups is 1. The van der Waals surface area contributed by atoms with E-state index in [0.717, 1.165) is 11.8 Å². The molecule has 0 fully saturated rings. The summed E-state index contributed by atoms with van der Waals surface area (Å²) in [5.41, 5.74) is 3.59. The second kappa shape index (κ2) is 8.34. The Morgan fingerprint density at radius 3 is 2.74 bits per heavy atom. The second-order valence-electron chi connectivity index (χ2n) is 4.58. The van der Waals surface area contributed by atoms with Gasteiger partial charge < -0.3 is 0 Å². The molecule has 0 aliphatic heterocycles. The van der Waals surface area contributed by atoms with Gasteiger partial charge in [0.1, 0.15) is 5.82 Å². The third kappa shape index (κ3) is 5.23. The first kappa shape index (κ1) is 17.8. The van der Waals surface area contributed by atoms with Gasteiger partial charge in [0.25, 0.3) is 0 Å². The highest BCUT2D eigenvalue weighted by atomic mass is 35.5. The first-order chi connectivity index (χ1) is 11.0. The number of halogens is 3. The molecule has 120 valence electrons. The van der Waals surface area contributed by atoms with E-state index in [9.17, 15) is 9.18 Å². The fraction of sp³-hybridized carbons (Fsp3) is 0.125. The molecule has 0 aromatic heterocycles. The second-order valence-corrected chi connectivity index (χ2v) is 6.44. The van der Waals surface area contributed by atoms with Gasteiger partial charge in [-0.05, 0) is 37.3 Å². The van der Waals surface area contributed by atoms with Crippen molar-refractivity contribution in [3.63, 3.8) is 0 Å². The molecule has 0 saturated heterocycles. The molecule has 0 heterocycles. The molecule has 0 saturated carbocycles. The quantitative estimate of drug-likeness (QED) is 0.468. The van der Waals surface area contributed by atoms with Crippen molar-refractivity contribution in [2.75, 3.05) is 5.75 Å². The molecule has 0 bridgehead atoms. The van der Waals surface area contributed by atoms with Crippen molar-refractivity contribution in [2.24, 2.45) is 5.10 Å². The van der Waals surface area contributed by atoms with Crippen LogP contribution in [0.3, 0.4) is 0 Å². The van der Waals surface area contributed by atoms with Crippen LogP contribution in [0.25, 0.3) is 0 Å². The van der Waals surface area contributed by atoms with Gasteiger partial charge in [0.2, 0.25) is 5.91 Å². The van der Waals surface area contributed by atoms with Crippen molar-refractivity contribution in [1.82, 2.24) is 5.43 Å². The van der Waals surface area contributed by atoms with Gasteiger partial charge >= 0.3 is 0 Å². The van der Waals surface area contributed by atoms with Gasteiger partial charge in [-0.1, -0.05) is 35.3 Å². The van der Waals surface area contributed by atoms with Gasteiger partial charge in [0, 0.05) is 20.5 Å². The van der Waals surface area contributed by atoms with E-state index in [-0.39, 0.29) is 17.5 Å². The Morgan fingerprint density at radius 2 is 2.00 bits per heavy atom. The summed E-state index contributed by atoms with van der Waals surface area (Å²) in [5, 5.41) is 5.02. The molecule has 1 N–H and O–H groups in total. The molecular weight excluding hydrogens is 358 g/mol. The molecule has 1 amide bonds. The standard InChI is InChI=1S/C16H13Cl2FN2OS/c1-10(12-8-11(17)6-7-13(12)18)20-21-16(22)9-23-15-5-3-2-4-14(15)19/h2-8H,9H2,1H3,(H,21,22)/b20-10-. The Bertz CT molecular complexity index is 753. The summed E-state index contributed by atoms with van der Waals surface area (Å²) < 4.78 is 13.5. The van der Waals surface area contributed by atoms with Gasteiger partial charge in [0.15, 0.2) is 0 Å². The van der Waals surface area contributed by atoms with Crippen LogP contribution in [-0.2, 0) is 4.79 Å². The van der Waals surface area contributed by atoms with E-state index in [1.165, 1.54) is 6.07 Å². The maximum absolute atomic E-state index is 13.5. The van der Waals surface area contributed by atoms with Crippen LogP contribution in [0.4, 0.5) is 4.39 Å². The largest absolute Gasteiger partial charge is 0.272 e. The summed E-state index contributed by atoms with van der Waals surface area (Å²) in [6.07, 6.45) is 0. The number of carbonyl (C=O) groups excluding carboxylic acids is 1. The molecule has 0 spiro atoms. The van der Waals surface area contributed by atoms with Gasteiger partial charge in [-0.2, -0.15) is 5.10 Å². The molecule has 0 aliphatic carbocycles. The van der Waals surface area contributed by atoms with Crippen LogP contribution >= 0.6 is 35.0 Å². The van der Waals surface area contributed by atoms with Crippen LogP contribution in [0.15, 0.2) is 52.5 Å². The van der Waals surface area contributed by atoms with Crippen LogP contribution in [0.5, 0.6) is 0 Å². The number of nitrogens with zero attached hydrogens (tertiary/aromatic N) is 1. The van der Waals surface area contributed by atoms with E-state index in [0.29, 0.717) is 26.2 Å². The Hall–Kier alpha value is -1.56.